The lowest BCUT2D eigenvalue weighted by atomic mass is 9.86. The molecule has 0 saturated carbocycles. The van der Waals surface area contributed by atoms with Crippen LogP contribution in [0, 0.1) is 0 Å². The van der Waals surface area contributed by atoms with Crippen LogP contribution in [0.2, 0.25) is 0 Å². The maximum atomic E-state index is 15.1. The molecule has 0 aliphatic rings. The Balaban J connectivity index is 2.80. The van der Waals surface area contributed by atoms with Gasteiger partial charge in [-0.15, -0.1) is 0 Å². The average Bonchev–Trinajstić information content (AvgIpc) is 2.83. The fourth-order valence-corrected chi connectivity index (χ4v) is 8.18. The lowest BCUT2D eigenvalue weighted by Gasteiger charge is -2.40. The average molecular weight is 576 g/mol. The Morgan fingerprint density at radius 1 is 0.684 bits per heavy atom. The Morgan fingerprint density at radius 3 is 1.42 bits per heavy atom. The zero-order valence-corrected chi connectivity index (χ0v) is 21.7. The second-order valence-electron chi connectivity index (χ2n) is 9.47. The lowest BCUT2D eigenvalue weighted by molar-refractivity contribution is -0.396. The van der Waals surface area contributed by atoms with Gasteiger partial charge in [0.1, 0.15) is 7.14 Å². The molecule has 2 aromatic carbocycles. The first-order chi connectivity index (χ1) is 17.4. The van der Waals surface area contributed by atoms with Crippen LogP contribution >= 0.6 is 7.14 Å². The molecule has 2 rings (SSSR count). The van der Waals surface area contributed by atoms with E-state index in [0.717, 1.165) is 0 Å². The third kappa shape index (κ3) is 6.24. The molecule has 2 nitrogen and oxygen atoms in total. The van der Waals surface area contributed by atoms with E-state index in [4.69, 9.17) is 0 Å². The van der Waals surface area contributed by atoms with Crippen molar-refractivity contribution in [2.75, 3.05) is 0 Å². The van der Waals surface area contributed by atoms with E-state index in [1.54, 1.807) is 13.8 Å². The summed E-state index contributed by atoms with van der Waals surface area (Å²) in [6.45, 7) is 3.30. The molecule has 0 saturated heterocycles. The normalized spacial score (nSPS) is 14.9. The molecule has 0 spiro atoms. The number of alkyl halides is 9. The van der Waals surface area contributed by atoms with E-state index in [1.807, 2.05) is 0 Å². The first kappa shape index (κ1) is 32.2. The van der Waals surface area contributed by atoms with Crippen LogP contribution in [0.3, 0.4) is 0 Å². The quantitative estimate of drug-likeness (QED) is 0.194. The smallest absolute Gasteiger partial charge is 0.390 e. The summed E-state index contributed by atoms with van der Waals surface area (Å²) in [7, 11) is -4.44. The summed E-state index contributed by atoms with van der Waals surface area (Å²) in [6, 6.07) is 13.7. The van der Waals surface area contributed by atoms with Crippen molar-refractivity contribution in [1.82, 2.24) is 0 Å². The number of aliphatic hydroxyl groups is 1. The minimum Gasteiger partial charge on any atom is -0.390 e. The second kappa shape index (κ2) is 11.6. The molecule has 12 heteroatoms. The van der Waals surface area contributed by atoms with Gasteiger partial charge in [-0.25, -0.2) is 0 Å². The monoisotopic (exact) mass is 576 g/mol. The number of hydrogen-bond donors (Lipinski definition) is 1. The highest BCUT2D eigenvalue weighted by atomic mass is 31.2. The van der Waals surface area contributed by atoms with Crippen LogP contribution in [0.1, 0.15) is 52.4 Å². The summed E-state index contributed by atoms with van der Waals surface area (Å²) in [6.07, 6.45) is -9.49. The molecule has 0 aromatic heterocycles. The highest BCUT2D eigenvalue weighted by Crippen LogP contribution is 2.60. The van der Waals surface area contributed by atoms with Gasteiger partial charge in [-0.2, -0.15) is 39.5 Å². The van der Waals surface area contributed by atoms with Crippen molar-refractivity contribution in [2.45, 2.75) is 87.6 Å². The van der Waals surface area contributed by atoms with Gasteiger partial charge in [0, 0.05) is 22.7 Å². The van der Waals surface area contributed by atoms with Gasteiger partial charge in [-0.05, 0) is 19.3 Å². The van der Waals surface area contributed by atoms with Crippen LogP contribution in [0.4, 0.5) is 39.5 Å². The SMILES string of the molecule is CCCC(O)(CCC)CC(CC(F)(F)C(F)(F)C(F)(F)C(F)(F)F)P(=O)(c1ccccc1)c1ccccc1. The highest BCUT2D eigenvalue weighted by Gasteiger charge is 2.81. The summed E-state index contributed by atoms with van der Waals surface area (Å²) in [5.41, 5.74) is -3.93. The van der Waals surface area contributed by atoms with Gasteiger partial charge in [0.15, 0.2) is 0 Å². The Hall–Kier alpha value is -2.00. The molecular formula is C26H30F9O2P. The van der Waals surface area contributed by atoms with Crippen molar-refractivity contribution in [3.05, 3.63) is 60.7 Å². The zero-order valence-electron chi connectivity index (χ0n) is 20.8. The fourth-order valence-electron chi connectivity index (χ4n) is 4.73. The fraction of sp³-hybridized carbons (Fsp3) is 0.538. The van der Waals surface area contributed by atoms with E-state index in [9.17, 15) is 40.4 Å². The number of rotatable bonds is 13. The number of hydrogen-bond acceptors (Lipinski definition) is 2. The van der Waals surface area contributed by atoms with Gasteiger partial charge in [-0.1, -0.05) is 87.4 Å². The third-order valence-corrected chi connectivity index (χ3v) is 10.1. The molecule has 1 N–H and O–H groups in total. The van der Waals surface area contributed by atoms with Crippen molar-refractivity contribution in [3.63, 3.8) is 0 Å². The predicted molar refractivity (Wildman–Crippen MR) is 128 cm³/mol. The Morgan fingerprint density at radius 2 is 1.08 bits per heavy atom. The molecule has 1 atom stereocenters. The minimum atomic E-state index is -7.07. The van der Waals surface area contributed by atoms with Crippen LogP contribution in [0.5, 0.6) is 0 Å². The van der Waals surface area contributed by atoms with Crippen molar-refractivity contribution in [2.24, 2.45) is 0 Å². The first-order valence-corrected chi connectivity index (χ1v) is 13.8. The van der Waals surface area contributed by atoms with Crippen LogP contribution in [0.25, 0.3) is 0 Å². The van der Waals surface area contributed by atoms with Crippen LogP contribution in [-0.2, 0) is 4.57 Å². The van der Waals surface area contributed by atoms with Gasteiger partial charge in [0.05, 0.1) is 5.60 Å². The zero-order chi connectivity index (χ0) is 29.0. The molecule has 0 aliphatic heterocycles. The number of benzene rings is 2. The van der Waals surface area contributed by atoms with E-state index < -0.39 is 55.2 Å². The second-order valence-corrected chi connectivity index (χ2v) is 12.5. The molecule has 0 heterocycles. The molecule has 2 aromatic rings. The van der Waals surface area contributed by atoms with Gasteiger partial charge < -0.3 is 9.67 Å². The van der Waals surface area contributed by atoms with E-state index in [1.165, 1.54) is 60.7 Å². The Kier molecular flexibility index (Phi) is 9.85. The van der Waals surface area contributed by atoms with Crippen LogP contribution in [-0.4, -0.2) is 40.3 Å². The van der Waals surface area contributed by atoms with Gasteiger partial charge >= 0.3 is 23.9 Å². The van der Waals surface area contributed by atoms with Crippen LogP contribution in [0.15, 0.2) is 60.7 Å². The largest absolute Gasteiger partial charge is 0.460 e. The topological polar surface area (TPSA) is 37.3 Å². The summed E-state index contributed by atoms with van der Waals surface area (Å²) in [5, 5.41) is 11.1. The van der Waals surface area contributed by atoms with Crippen LogP contribution < -0.4 is 10.6 Å². The maximum absolute atomic E-state index is 15.1. The summed E-state index contributed by atoms with van der Waals surface area (Å²) in [4.78, 5) is 0. The minimum absolute atomic E-state index is 0.0262. The molecule has 0 radical (unpaired) electrons. The molecule has 38 heavy (non-hydrogen) atoms. The molecule has 0 aliphatic carbocycles. The van der Waals surface area contributed by atoms with Crippen molar-refractivity contribution < 1.29 is 49.2 Å². The molecule has 0 fully saturated rings. The molecular weight excluding hydrogens is 546 g/mol. The van der Waals surface area contributed by atoms with Gasteiger partial charge in [-0.3, -0.25) is 0 Å². The van der Waals surface area contributed by atoms with Crippen molar-refractivity contribution in [3.8, 4) is 0 Å². The van der Waals surface area contributed by atoms with Gasteiger partial charge in [0.25, 0.3) is 0 Å². The summed E-state index contributed by atoms with van der Waals surface area (Å²) >= 11 is 0. The van der Waals surface area contributed by atoms with E-state index in [0.29, 0.717) is 12.8 Å². The maximum Gasteiger partial charge on any atom is 0.460 e. The van der Waals surface area contributed by atoms with E-state index >= 15 is 8.78 Å². The standard InChI is InChI=1S/C26H30F9O2P/c1-3-15-22(36,16-4-2)17-21(18-23(27,28)24(29,30)25(31,32)26(33,34)35)38(37,19-11-7-5-8-12-19)20-13-9-6-10-14-20/h5-14,21,36H,3-4,15-18H2,1-2H3. The van der Waals surface area contributed by atoms with Crippen molar-refractivity contribution >= 4 is 17.8 Å². The third-order valence-electron chi connectivity index (χ3n) is 6.54. The Labute approximate surface area is 215 Å². The molecule has 214 valence electrons. The Bertz CT molecular complexity index is 1020. The van der Waals surface area contributed by atoms with E-state index in [-0.39, 0.29) is 23.5 Å². The molecule has 1 unspecified atom stereocenters. The van der Waals surface area contributed by atoms with Crippen molar-refractivity contribution in [1.29, 1.82) is 0 Å². The molecule has 0 amide bonds. The summed E-state index contributed by atoms with van der Waals surface area (Å²) < 4.78 is 139. The van der Waals surface area contributed by atoms with Gasteiger partial charge in [0.2, 0.25) is 0 Å². The predicted octanol–water partition coefficient (Wildman–Crippen LogP) is 7.95. The summed E-state index contributed by atoms with van der Waals surface area (Å²) in [5.74, 6) is -19.9. The molecule has 0 bridgehead atoms. The first-order valence-electron chi connectivity index (χ1n) is 12.0. The lowest BCUT2D eigenvalue weighted by Crippen LogP contribution is -2.61. The van der Waals surface area contributed by atoms with E-state index in [2.05, 4.69) is 0 Å². The number of halogens is 9. The highest BCUT2D eigenvalue weighted by molar-refractivity contribution is 7.79.